The third-order valence-corrected chi connectivity index (χ3v) is 9.42. The van der Waals surface area contributed by atoms with E-state index in [2.05, 4.69) is 30.3 Å². The van der Waals surface area contributed by atoms with Crippen LogP contribution in [-0.4, -0.2) is 0 Å². The van der Waals surface area contributed by atoms with Gasteiger partial charge in [0, 0.05) is 0 Å². The Labute approximate surface area is 281 Å². The van der Waals surface area contributed by atoms with Gasteiger partial charge >= 0.3 is 0 Å². The van der Waals surface area contributed by atoms with Gasteiger partial charge in [-0.2, -0.15) is 0 Å². The minimum atomic E-state index is -0.813. The van der Waals surface area contributed by atoms with Crippen LogP contribution in [-0.2, 0) is 5.41 Å². The molecule has 8 aromatic carbocycles. The summed E-state index contributed by atoms with van der Waals surface area (Å²) in [6, 6.07) is 21.9. The molecule has 0 aromatic heterocycles. The highest BCUT2D eigenvalue weighted by atomic mass is 14.5. The molecule has 0 heteroatoms. The fourth-order valence-electron chi connectivity index (χ4n) is 7.87. The zero-order valence-electron chi connectivity index (χ0n) is 36.7. The van der Waals surface area contributed by atoms with Crippen molar-refractivity contribution in [3.63, 3.8) is 0 Å². The van der Waals surface area contributed by atoms with Crippen LogP contribution in [0.2, 0.25) is 0 Å². The largest absolute Gasteiger partial charge is 0.0725 e. The van der Waals surface area contributed by atoms with Crippen LogP contribution in [0, 0.1) is 0 Å². The molecular formula is C45H28. The molecule has 0 unspecified atom stereocenters. The number of benzene rings is 8. The van der Waals surface area contributed by atoms with Crippen molar-refractivity contribution in [2.24, 2.45) is 0 Å². The average molecular weight is 582 g/mol. The lowest BCUT2D eigenvalue weighted by Crippen LogP contribution is -2.25. The molecule has 0 amide bonds. The lowest BCUT2D eigenvalue weighted by atomic mass is 9.70. The van der Waals surface area contributed by atoms with E-state index in [1.807, 2.05) is 54.6 Å². The van der Waals surface area contributed by atoms with Crippen molar-refractivity contribution >= 4 is 21.5 Å². The highest BCUT2D eigenvalue weighted by molar-refractivity contribution is 6.23. The van der Waals surface area contributed by atoms with Crippen LogP contribution in [0.4, 0.5) is 0 Å². The van der Waals surface area contributed by atoms with Gasteiger partial charge in [0.2, 0.25) is 0 Å². The van der Waals surface area contributed by atoms with E-state index < -0.39 is 89.5 Å². The monoisotopic (exact) mass is 581 g/mol. The van der Waals surface area contributed by atoms with Crippen LogP contribution in [0.3, 0.4) is 0 Å². The fraction of sp³-hybridized carbons (Fsp3) is 0.0222. The zero-order chi connectivity index (χ0) is 40.8. The number of hydrogen-bond acceptors (Lipinski definition) is 0. The second-order valence-electron chi connectivity index (χ2n) is 11.4. The van der Waals surface area contributed by atoms with Crippen LogP contribution in [0.1, 0.15) is 40.1 Å². The van der Waals surface area contributed by atoms with Gasteiger partial charge in [-0.25, -0.2) is 0 Å². The predicted octanol–water partition coefficient (Wildman–Crippen LogP) is 11.7. The summed E-state index contributed by atoms with van der Waals surface area (Å²) in [5.74, 6) is 0. The average Bonchev–Trinajstić information content (AvgIpc) is 3.72. The Hall–Kier alpha value is -5.72. The number of rotatable bonds is 2. The summed E-state index contributed by atoms with van der Waals surface area (Å²) in [7, 11) is 0. The first-order valence-electron chi connectivity index (χ1n) is 21.2. The Morgan fingerprint density at radius 2 is 0.756 bits per heavy atom. The third-order valence-electron chi connectivity index (χ3n) is 9.42. The van der Waals surface area contributed by atoms with Crippen LogP contribution in [0.5, 0.6) is 0 Å². The van der Waals surface area contributed by atoms with Gasteiger partial charge in [0.15, 0.2) is 0 Å². The minimum Gasteiger partial charge on any atom is -0.0622 e. The molecular weight excluding hydrogens is 540 g/mol. The molecule has 0 bridgehead atoms. The molecule has 0 saturated carbocycles. The quantitative estimate of drug-likeness (QED) is 0.178. The second-order valence-corrected chi connectivity index (χ2v) is 11.4. The van der Waals surface area contributed by atoms with E-state index in [0.29, 0.717) is 11.1 Å². The SMILES string of the molecule is [2H]c1c([2H])c([2H])c(-c2c3c([2H])c([2H])c([2H])c([2H])c3c(-c3cccc4c3-c3ccccc3C43c4ccccc4-c4ccccc43)c3c([2H])c([2H])c([2H])c([2H])c23)c([2H])c1[2H]. The summed E-state index contributed by atoms with van der Waals surface area (Å²) in [5, 5.41) is -0.673. The van der Waals surface area contributed by atoms with Crippen LogP contribution in [0.15, 0.2) is 170 Å². The summed E-state index contributed by atoms with van der Waals surface area (Å²) in [4.78, 5) is 0. The lowest BCUT2D eigenvalue weighted by Gasteiger charge is -2.30. The van der Waals surface area contributed by atoms with Crippen molar-refractivity contribution < 1.29 is 17.8 Å². The molecule has 0 saturated heterocycles. The standard InChI is InChI=1S/C45H28/c1-2-15-29(16-3-1)42-32-19-4-6-21-34(32)43(35-22-7-5-20-33(35)42)37-24-14-28-41-44(37)36-23-10-13-27-40(36)45(41)38-25-11-8-17-30(38)31-18-9-12-26-39(31)45/h1-28H/i1D,2D,3D,4D,5D,6D,7D,15D,16D,19D,20D,21D,22D. The molecule has 0 fully saturated rings. The molecule has 0 aliphatic heterocycles. The van der Waals surface area contributed by atoms with Crippen molar-refractivity contribution in [1.29, 1.82) is 0 Å². The normalized spacial score (nSPS) is 17.6. The first-order chi connectivity index (χ1) is 27.8. The highest BCUT2D eigenvalue weighted by Crippen LogP contribution is 2.64. The topological polar surface area (TPSA) is 0 Å². The van der Waals surface area contributed by atoms with Gasteiger partial charge in [-0.3, -0.25) is 0 Å². The predicted molar refractivity (Wildman–Crippen MR) is 189 cm³/mol. The van der Waals surface area contributed by atoms with Crippen LogP contribution >= 0.6 is 0 Å². The van der Waals surface area contributed by atoms with Crippen molar-refractivity contribution in [1.82, 2.24) is 0 Å². The van der Waals surface area contributed by atoms with E-state index in [0.717, 1.165) is 38.9 Å². The molecule has 1 spiro atoms. The Morgan fingerprint density at radius 3 is 1.33 bits per heavy atom. The van der Waals surface area contributed by atoms with Crippen LogP contribution in [0.25, 0.3) is 66.1 Å². The van der Waals surface area contributed by atoms with Crippen molar-refractivity contribution in [2.75, 3.05) is 0 Å². The smallest absolute Gasteiger partial charge is 0.0622 e. The second kappa shape index (κ2) is 9.14. The van der Waals surface area contributed by atoms with E-state index in [4.69, 9.17) is 12.3 Å². The molecule has 8 aromatic rings. The van der Waals surface area contributed by atoms with Gasteiger partial charge in [-0.1, -0.05) is 170 Å². The van der Waals surface area contributed by atoms with Gasteiger partial charge in [-0.15, -0.1) is 0 Å². The molecule has 45 heavy (non-hydrogen) atoms. The van der Waals surface area contributed by atoms with Gasteiger partial charge in [-0.05, 0) is 88.3 Å². The van der Waals surface area contributed by atoms with E-state index >= 15 is 0 Å². The molecule has 2 aliphatic carbocycles. The van der Waals surface area contributed by atoms with E-state index in [-0.39, 0.29) is 32.7 Å². The first kappa shape index (κ1) is 15.3. The van der Waals surface area contributed by atoms with Crippen LogP contribution < -0.4 is 0 Å². The number of hydrogen-bond donors (Lipinski definition) is 0. The molecule has 2 aliphatic rings. The van der Waals surface area contributed by atoms with Crippen molar-refractivity contribution in [3.05, 3.63) is 192 Å². The zero-order valence-corrected chi connectivity index (χ0v) is 23.7. The van der Waals surface area contributed by atoms with Gasteiger partial charge in [0.05, 0.1) is 23.2 Å². The van der Waals surface area contributed by atoms with Gasteiger partial charge < -0.3 is 0 Å². The summed E-state index contributed by atoms with van der Waals surface area (Å²) in [5.41, 5.74) is 6.63. The Kier molecular flexibility index (Phi) is 3.11. The molecule has 208 valence electrons. The molecule has 0 N–H and O–H groups in total. The fourth-order valence-corrected chi connectivity index (χ4v) is 7.87. The summed E-state index contributed by atoms with van der Waals surface area (Å²) < 4.78 is 117. The van der Waals surface area contributed by atoms with E-state index in [9.17, 15) is 5.48 Å². The Morgan fingerprint density at radius 1 is 0.333 bits per heavy atom. The van der Waals surface area contributed by atoms with Gasteiger partial charge in [0.25, 0.3) is 0 Å². The maximum Gasteiger partial charge on any atom is 0.0725 e. The Bertz CT molecular complexity index is 3070. The molecule has 0 nitrogen and oxygen atoms in total. The maximum atomic E-state index is 9.51. The summed E-state index contributed by atoms with van der Waals surface area (Å²) in [6.07, 6.45) is 0. The van der Waals surface area contributed by atoms with E-state index in [1.165, 1.54) is 0 Å². The summed E-state index contributed by atoms with van der Waals surface area (Å²) in [6.45, 7) is 0. The van der Waals surface area contributed by atoms with Crippen molar-refractivity contribution in [3.8, 4) is 44.5 Å². The molecule has 0 radical (unpaired) electrons. The Balaban J connectivity index is 1.49. The van der Waals surface area contributed by atoms with E-state index in [1.54, 1.807) is 6.07 Å². The third kappa shape index (κ3) is 3.11. The first-order valence-corrected chi connectivity index (χ1v) is 14.7. The highest BCUT2D eigenvalue weighted by Gasteiger charge is 2.52. The van der Waals surface area contributed by atoms with Gasteiger partial charge in [0.1, 0.15) is 0 Å². The molecule has 0 atom stereocenters. The summed E-state index contributed by atoms with van der Waals surface area (Å²) >= 11 is 0. The molecule has 0 heterocycles. The lowest BCUT2D eigenvalue weighted by molar-refractivity contribution is 0.794. The number of fused-ring (bicyclic) bond motifs is 12. The van der Waals surface area contributed by atoms with Crippen molar-refractivity contribution in [2.45, 2.75) is 5.41 Å². The molecule has 10 rings (SSSR count). The minimum absolute atomic E-state index is 0.107. The maximum absolute atomic E-state index is 9.51.